The number of unbranched alkanes of at least 4 members (excludes halogenated alkanes) is 2. The summed E-state index contributed by atoms with van der Waals surface area (Å²) in [6.45, 7) is 4.33. The number of aryl methyl sites for hydroxylation is 6. The van der Waals surface area contributed by atoms with Crippen molar-refractivity contribution in [1.82, 2.24) is 0 Å². The summed E-state index contributed by atoms with van der Waals surface area (Å²) < 4.78 is 3.95. The summed E-state index contributed by atoms with van der Waals surface area (Å²) in [5.41, 5.74) is 7.18. The van der Waals surface area contributed by atoms with Crippen molar-refractivity contribution in [2.45, 2.75) is 46.0 Å². The summed E-state index contributed by atoms with van der Waals surface area (Å²) in [6.07, 6.45) is 9.77. The van der Waals surface area contributed by atoms with E-state index in [1.54, 1.807) is 22.7 Å². The Morgan fingerprint density at radius 1 is 0.629 bits per heavy atom. The molecule has 2 heterocycles. The van der Waals surface area contributed by atoms with Crippen LogP contribution in [0.5, 0.6) is 0 Å². The smallest absolute Gasteiger partial charge is 0.222 e. The van der Waals surface area contributed by atoms with Crippen LogP contribution in [0.1, 0.15) is 41.5 Å². The summed E-state index contributed by atoms with van der Waals surface area (Å²) in [6, 6.07) is 12.8. The summed E-state index contributed by atoms with van der Waals surface area (Å²) in [4.78, 5) is 0. The van der Waals surface area contributed by atoms with Gasteiger partial charge in [0, 0.05) is 10.8 Å². The fourth-order valence-electron chi connectivity index (χ4n) is 3.90. The van der Waals surface area contributed by atoms with E-state index < -0.39 is 0 Å². The fourth-order valence-corrected chi connectivity index (χ4v) is 5.26. The van der Waals surface area contributed by atoms with Gasteiger partial charge < -0.3 is 0 Å². The van der Waals surface area contributed by atoms with Gasteiger partial charge in [0.2, 0.25) is 0 Å². The average molecular weight is 505 g/mol. The van der Waals surface area contributed by atoms with Crippen LogP contribution in [0.15, 0.2) is 80.0 Å². The molecule has 0 amide bonds. The lowest BCUT2D eigenvalue weighted by Crippen LogP contribution is -2.23. The van der Waals surface area contributed by atoms with Gasteiger partial charge in [-0.05, 0) is 119 Å². The molecule has 2 aromatic carbocycles. The Bertz CT molecular complexity index is 1230. The molecular weight excluding hydrogens is 472 g/mol. The SMILES string of the molecule is Cc1cc(N=Nc2scc[n+]2C)ccc1CCCCCc1ccc(N=Nc2scc[n+]2C)cc1C. The number of hydrogen-bond donors (Lipinski definition) is 0. The van der Waals surface area contributed by atoms with Crippen LogP contribution in [0.25, 0.3) is 0 Å². The molecule has 0 bridgehead atoms. The molecule has 0 atom stereocenters. The fraction of sp³-hybridized carbons (Fsp3) is 0.333. The quantitative estimate of drug-likeness (QED) is 0.120. The van der Waals surface area contributed by atoms with Crippen LogP contribution in [0.3, 0.4) is 0 Å². The zero-order valence-corrected chi connectivity index (χ0v) is 22.4. The van der Waals surface area contributed by atoms with E-state index in [0.29, 0.717) is 0 Å². The molecule has 0 aliphatic heterocycles. The van der Waals surface area contributed by atoms with E-state index in [-0.39, 0.29) is 0 Å². The lowest BCUT2D eigenvalue weighted by atomic mass is 9.98. The molecule has 0 N–H and O–H groups in total. The molecule has 180 valence electrons. The van der Waals surface area contributed by atoms with Gasteiger partial charge in [0.1, 0.15) is 23.8 Å². The van der Waals surface area contributed by atoms with E-state index in [4.69, 9.17) is 0 Å². The number of hydrogen-bond acceptors (Lipinski definition) is 6. The van der Waals surface area contributed by atoms with Crippen LogP contribution in [0.4, 0.5) is 21.6 Å². The summed E-state index contributed by atoms with van der Waals surface area (Å²) >= 11 is 3.17. The summed E-state index contributed by atoms with van der Waals surface area (Å²) in [5, 5.41) is 23.3. The number of rotatable bonds is 10. The molecule has 4 aromatic rings. The molecule has 6 nitrogen and oxygen atoms in total. The van der Waals surface area contributed by atoms with Crippen molar-refractivity contribution in [3.05, 3.63) is 81.8 Å². The topological polar surface area (TPSA) is 57.2 Å². The van der Waals surface area contributed by atoms with Crippen molar-refractivity contribution in [1.29, 1.82) is 0 Å². The minimum absolute atomic E-state index is 0.897. The molecule has 0 unspecified atom stereocenters. The highest BCUT2D eigenvalue weighted by Crippen LogP contribution is 2.24. The van der Waals surface area contributed by atoms with Crippen LogP contribution in [0.2, 0.25) is 0 Å². The largest absolute Gasteiger partial charge is 0.408 e. The van der Waals surface area contributed by atoms with Gasteiger partial charge in [0.15, 0.2) is 0 Å². The maximum absolute atomic E-state index is 4.40. The zero-order valence-electron chi connectivity index (χ0n) is 20.8. The van der Waals surface area contributed by atoms with E-state index in [0.717, 1.165) is 34.5 Å². The third-order valence-corrected chi connectivity index (χ3v) is 7.74. The van der Waals surface area contributed by atoms with Gasteiger partial charge in [-0.15, -0.1) is 0 Å². The normalized spacial score (nSPS) is 11.8. The van der Waals surface area contributed by atoms with Gasteiger partial charge in [0.05, 0.1) is 24.3 Å². The molecule has 2 aromatic heterocycles. The number of benzene rings is 2. The van der Waals surface area contributed by atoms with Gasteiger partial charge in [-0.2, -0.15) is 0 Å². The Kier molecular flexibility index (Phi) is 8.60. The molecule has 8 heteroatoms. The molecule has 0 spiro atoms. The number of azo groups is 2. The highest BCUT2D eigenvalue weighted by molar-refractivity contribution is 7.13. The third kappa shape index (κ3) is 6.96. The summed E-state index contributed by atoms with van der Waals surface area (Å²) in [7, 11) is 3.96. The van der Waals surface area contributed by atoms with Crippen molar-refractivity contribution in [2.75, 3.05) is 0 Å². The maximum Gasteiger partial charge on any atom is 0.408 e. The van der Waals surface area contributed by atoms with Crippen LogP contribution < -0.4 is 9.13 Å². The monoisotopic (exact) mass is 504 g/mol. The van der Waals surface area contributed by atoms with Crippen LogP contribution in [-0.4, -0.2) is 0 Å². The average Bonchev–Trinajstić information content (AvgIpc) is 3.45. The lowest BCUT2D eigenvalue weighted by Gasteiger charge is -2.08. The maximum atomic E-state index is 4.40. The molecular formula is C27H32N6S2+2. The second-order valence-corrected chi connectivity index (χ2v) is 10.5. The Balaban J connectivity index is 1.23. The van der Waals surface area contributed by atoms with E-state index in [1.807, 2.05) is 46.4 Å². The molecule has 35 heavy (non-hydrogen) atoms. The van der Waals surface area contributed by atoms with Crippen LogP contribution in [-0.2, 0) is 26.9 Å². The highest BCUT2D eigenvalue weighted by atomic mass is 32.1. The standard InChI is InChI=1S/C27H32N6S2/c1-20-18-24(28-30-26-32(3)14-16-34-26)12-10-22(20)8-6-5-7-9-23-11-13-25(19-21(23)2)29-31-27-33(4)15-17-35-27/h10-19H,5-9H2,1-4H3/q+2. The first-order chi connectivity index (χ1) is 17.0. The Labute approximate surface area is 215 Å². The Morgan fingerprint density at radius 3 is 1.46 bits per heavy atom. The van der Waals surface area contributed by atoms with Crippen molar-refractivity contribution < 1.29 is 9.13 Å². The van der Waals surface area contributed by atoms with Gasteiger partial charge in [0.25, 0.3) is 0 Å². The van der Waals surface area contributed by atoms with Crippen LogP contribution >= 0.6 is 22.7 Å². The minimum atomic E-state index is 0.897. The minimum Gasteiger partial charge on any atom is -0.222 e. The predicted molar refractivity (Wildman–Crippen MR) is 143 cm³/mol. The van der Waals surface area contributed by atoms with Crippen molar-refractivity contribution in [3.63, 3.8) is 0 Å². The van der Waals surface area contributed by atoms with E-state index in [1.165, 1.54) is 41.5 Å². The molecule has 0 aliphatic rings. The Hall–Kier alpha value is -3.10. The molecule has 0 saturated heterocycles. The molecule has 4 rings (SSSR count). The van der Waals surface area contributed by atoms with E-state index >= 15 is 0 Å². The second kappa shape index (κ2) is 12.0. The highest BCUT2D eigenvalue weighted by Gasteiger charge is 2.09. The lowest BCUT2D eigenvalue weighted by molar-refractivity contribution is -0.654. The van der Waals surface area contributed by atoms with Crippen molar-refractivity contribution in [3.8, 4) is 0 Å². The number of nitrogens with zero attached hydrogens (tertiary/aromatic N) is 6. The number of thiazole rings is 2. The first-order valence-corrected chi connectivity index (χ1v) is 13.6. The van der Waals surface area contributed by atoms with Crippen LogP contribution in [0, 0.1) is 13.8 Å². The predicted octanol–water partition coefficient (Wildman–Crippen LogP) is 7.86. The van der Waals surface area contributed by atoms with Gasteiger partial charge >= 0.3 is 10.3 Å². The molecule has 0 fully saturated rings. The summed E-state index contributed by atoms with van der Waals surface area (Å²) in [5.74, 6) is 0. The first-order valence-electron chi connectivity index (χ1n) is 11.9. The van der Waals surface area contributed by atoms with Crippen molar-refractivity contribution >= 4 is 44.3 Å². The second-order valence-electron chi connectivity index (χ2n) is 8.78. The zero-order chi connectivity index (χ0) is 24.6. The molecule has 0 aliphatic carbocycles. The van der Waals surface area contributed by atoms with Crippen molar-refractivity contribution in [2.24, 2.45) is 34.6 Å². The van der Waals surface area contributed by atoms with E-state index in [9.17, 15) is 0 Å². The first kappa shape index (κ1) is 25.0. The Morgan fingerprint density at radius 2 is 1.09 bits per heavy atom. The van der Waals surface area contributed by atoms with Gasteiger partial charge in [-0.25, -0.2) is 9.13 Å². The van der Waals surface area contributed by atoms with E-state index in [2.05, 4.69) is 70.7 Å². The number of aromatic nitrogens is 2. The molecule has 0 radical (unpaired) electrons. The van der Waals surface area contributed by atoms with Gasteiger partial charge in [-0.3, -0.25) is 0 Å². The third-order valence-electron chi connectivity index (χ3n) is 6.07. The molecule has 0 saturated carbocycles. The van der Waals surface area contributed by atoms with Gasteiger partial charge in [-0.1, -0.05) is 18.6 Å².